The van der Waals surface area contributed by atoms with Crippen LogP contribution in [0.4, 0.5) is 0 Å². The third kappa shape index (κ3) is 1.48. The van der Waals surface area contributed by atoms with E-state index in [-0.39, 0.29) is 11.9 Å². The molecule has 1 atom stereocenters. The van der Waals surface area contributed by atoms with Crippen molar-refractivity contribution in [2.45, 2.75) is 20.0 Å². The Bertz CT molecular complexity index is 431. The number of carbonyl (C=O) groups excluding carboxylic acids is 1. The second-order valence-electron chi connectivity index (χ2n) is 3.22. The van der Waals surface area contributed by atoms with Crippen molar-refractivity contribution in [3.8, 4) is 0 Å². The molecule has 0 N–H and O–H groups in total. The summed E-state index contributed by atoms with van der Waals surface area (Å²) in [7, 11) is 0. The molecule has 14 heavy (non-hydrogen) atoms. The van der Waals surface area contributed by atoms with Crippen molar-refractivity contribution in [3.63, 3.8) is 0 Å². The van der Waals surface area contributed by atoms with Crippen molar-refractivity contribution >= 4 is 39.4 Å². The van der Waals surface area contributed by atoms with Gasteiger partial charge >= 0.3 is 6.17 Å². The Morgan fingerprint density at radius 2 is 2.36 bits per heavy atom. The molecule has 0 spiro atoms. The summed E-state index contributed by atoms with van der Waals surface area (Å²) in [5.41, 5.74) is 1.36. The molecule has 0 saturated carbocycles. The quantitative estimate of drug-likeness (QED) is 0.647. The van der Waals surface area contributed by atoms with Gasteiger partial charge in [-0.25, -0.2) is 4.99 Å². The van der Waals surface area contributed by atoms with Crippen LogP contribution in [0, 0.1) is 0 Å². The van der Waals surface area contributed by atoms with Crippen molar-refractivity contribution in [2.75, 3.05) is 0 Å². The van der Waals surface area contributed by atoms with Crippen LogP contribution in [-0.2, 0) is 4.79 Å². The monoisotopic (exact) mass is 254 g/mol. The van der Waals surface area contributed by atoms with Crippen molar-refractivity contribution in [2.24, 2.45) is 10.1 Å². The van der Waals surface area contributed by atoms with Crippen LogP contribution >= 0.6 is 15.9 Å². The highest BCUT2D eigenvalue weighted by Gasteiger charge is 2.34. The Morgan fingerprint density at radius 3 is 3.00 bits per heavy atom. The first-order valence-electron chi connectivity index (χ1n) is 4.22. The van der Waals surface area contributed by atoms with Gasteiger partial charge in [-0.1, -0.05) is 4.68 Å². The zero-order valence-electron chi connectivity index (χ0n) is 7.86. The number of fused-ring (bicyclic) bond motifs is 1. The number of hydrogen-bond donors (Lipinski definition) is 0. The Labute approximate surface area is 89.9 Å². The first-order valence-corrected chi connectivity index (χ1v) is 5.01. The van der Waals surface area contributed by atoms with Gasteiger partial charge in [-0.3, -0.25) is 4.79 Å². The van der Waals surface area contributed by atoms with Gasteiger partial charge in [-0.15, -0.1) is 0 Å². The lowest BCUT2D eigenvalue weighted by molar-refractivity contribution is -0.550. The molecule has 0 amide bonds. The van der Waals surface area contributed by atoms with E-state index in [0.717, 1.165) is 10.2 Å². The number of hydrogen-bond acceptors (Lipinski definition) is 3. The van der Waals surface area contributed by atoms with Crippen LogP contribution in [0.15, 0.2) is 20.7 Å². The molecule has 2 aliphatic heterocycles. The molecule has 0 aromatic heterocycles. The van der Waals surface area contributed by atoms with Gasteiger partial charge in [0.05, 0.1) is 4.48 Å². The van der Waals surface area contributed by atoms with Gasteiger partial charge in [-0.2, -0.15) is 0 Å². The van der Waals surface area contributed by atoms with Crippen LogP contribution in [-0.4, -0.2) is 34.3 Å². The average Bonchev–Trinajstić information content (AvgIpc) is 2.45. The molecule has 0 fully saturated rings. The molecule has 72 valence electrons. The topological polar surface area (TPSA) is 44.8 Å². The minimum absolute atomic E-state index is 0.0432. The van der Waals surface area contributed by atoms with Crippen LogP contribution < -0.4 is 0 Å². The van der Waals surface area contributed by atoms with E-state index in [4.69, 9.17) is 0 Å². The number of carbonyl (C=O) groups is 1. The van der Waals surface area contributed by atoms with Crippen LogP contribution in [0.1, 0.15) is 13.8 Å². The van der Waals surface area contributed by atoms with E-state index in [0.29, 0.717) is 5.71 Å². The van der Waals surface area contributed by atoms with E-state index < -0.39 is 0 Å². The summed E-state index contributed by atoms with van der Waals surface area (Å²) in [6, 6.07) is 0. The van der Waals surface area contributed by atoms with Crippen LogP contribution in [0.25, 0.3) is 0 Å². The lowest BCUT2D eigenvalue weighted by Crippen LogP contribution is -2.25. The summed E-state index contributed by atoms with van der Waals surface area (Å²) in [6.45, 7) is 3.40. The molecular weight excluding hydrogens is 246 g/mol. The lowest BCUT2D eigenvalue weighted by Gasteiger charge is -2.07. The average molecular weight is 255 g/mol. The van der Waals surface area contributed by atoms with Crippen molar-refractivity contribution in [3.05, 3.63) is 10.6 Å². The number of halogens is 1. The number of nitrogens with zero attached hydrogens (tertiary/aromatic N) is 3. The fourth-order valence-corrected chi connectivity index (χ4v) is 1.88. The minimum Gasteiger partial charge on any atom is -0.293 e. The Hall–Kier alpha value is -1.10. The van der Waals surface area contributed by atoms with Crippen LogP contribution in [0.2, 0.25) is 0 Å². The van der Waals surface area contributed by atoms with E-state index in [2.05, 4.69) is 26.0 Å². The molecule has 0 bridgehead atoms. The number of rotatable bonds is 1. The molecule has 0 saturated heterocycles. The lowest BCUT2D eigenvalue weighted by atomic mass is 10.2. The van der Waals surface area contributed by atoms with Gasteiger partial charge in [-0.05, 0) is 28.9 Å². The smallest absolute Gasteiger partial charge is 0.293 e. The summed E-state index contributed by atoms with van der Waals surface area (Å²) in [4.78, 5) is 15.5. The number of allylic oxidation sites excluding steroid dienone is 1. The summed E-state index contributed by atoms with van der Waals surface area (Å²) < 4.78 is 2.56. The summed E-state index contributed by atoms with van der Waals surface area (Å²) in [5.74, 6) is -0.0432. The molecular formula is C9H9BrN3O+. The Kier molecular flexibility index (Phi) is 2.19. The largest absolute Gasteiger partial charge is 0.309 e. The minimum atomic E-state index is -0.113. The van der Waals surface area contributed by atoms with Gasteiger partial charge < -0.3 is 0 Å². The fraction of sp³-hybridized carbons (Fsp3) is 0.333. The Balaban J connectivity index is 2.44. The molecule has 4 nitrogen and oxygen atoms in total. The molecule has 2 aliphatic rings. The maximum absolute atomic E-state index is 11.1. The third-order valence-corrected chi connectivity index (χ3v) is 2.64. The fourth-order valence-electron chi connectivity index (χ4n) is 1.35. The summed E-state index contributed by atoms with van der Waals surface area (Å²) >= 11 is 3.39. The Morgan fingerprint density at radius 1 is 1.64 bits per heavy atom. The predicted molar refractivity (Wildman–Crippen MR) is 58.3 cm³/mol. The number of Topliss-reactive ketones (excluding diaryl/α,β-unsaturated/α-hetero) is 1. The normalized spacial score (nSPS) is 24.6. The molecule has 0 aromatic rings. The van der Waals surface area contributed by atoms with Crippen molar-refractivity contribution in [1.82, 2.24) is 0 Å². The maximum atomic E-state index is 11.1. The molecule has 0 aliphatic carbocycles. The van der Waals surface area contributed by atoms with Gasteiger partial charge in [0.15, 0.2) is 11.5 Å². The van der Waals surface area contributed by atoms with E-state index in [9.17, 15) is 4.79 Å². The highest BCUT2D eigenvalue weighted by atomic mass is 79.9. The molecule has 1 unspecified atom stereocenters. The number of aliphatic imine (C=N–C) groups is 1. The summed E-state index contributed by atoms with van der Waals surface area (Å²) in [5, 5.41) is 4.17. The van der Waals surface area contributed by atoms with E-state index in [1.807, 2.05) is 13.1 Å². The summed E-state index contributed by atoms with van der Waals surface area (Å²) in [6.07, 6.45) is 3.43. The molecule has 0 aromatic carbocycles. The van der Waals surface area contributed by atoms with Gasteiger partial charge in [0.1, 0.15) is 5.71 Å². The second-order valence-corrected chi connectivity index (χ2v) is 4.14. The SMILES string of the molecule is CC(=O)C1=N[N+]2=CC(C)=NC2C(Br)=C1. The van der Waals surface area contributed by atoms with Gasteiger partial charge in [0.25, 0.3) is 0 Å². The number of hydrazone groups is 1. The van der Waals surface area contributed by atoms with E-state index in [1.54, 1.807) is 10.8 Å². The number of ketones is 1. The highest BCUT2D eigenvalue weighted by Crippen LogP contribution is 2.22. The first kappa shape index (κ1) is 9.45. The molecule has 2 heterocycles. The highest BCUT2D eigenvalue weighted by molar-refractivity contribution is 9.11. The van der Waals surface area contributed by atoms with Crippen molar-refractivity contribution in [1.29, 1.82) is 0 Å². The zero-order chi connectivity index (χ0) is 10.3. The zero-order valence-corrected chi connectivity index (χ0v) is 9.45. The first-order chi connectivity index (χ1) is 6.58. The third-order valence-electron chi connectivity index (χ3n) is 2.00. The van der Waals surface area contributed by atoms with E-state index in [1.165, 1.54) is 6.92 Å². The van der Waals surface area contributed by atoms with Gasteiger partial charge in [0, 0.05) is 12.0 Å². The molecule has 2 rings (SSSR count). The standard InChI is InChI=1S/C9H9BrN3O/c1-5-4-13-9(11-5)7(10)3-8(12-13)6(2)14/h3-4,9H,1-2H3/q+1. The maximum Gasteiger partial charge on any atom is 0.309 e. The van der Waals surface area contributed by atoms with E-state index >= 15 is 0 Å². The van der Waals surface area contributed by atoms with Crippen LogP contribution in [0.3, 0.4) is 0 Å². The molecule has 0 radical (unpaired) electrons. The molecule has 5 heteroatoms. The van der Waals surface area contributed by atoms with Gasteiger partial charge in [0.2, 0.25) is 6.21 Å². The van der Waals surface area contributed by atoms with Crippen LogP contribution in [0.5, 0.6) is 0 Å². The predicted octanol–water partition coefficient (Wildman–Crippen LogP) is 1.11. The second kappa shape index (κ2) is 3.24. The van der Waals surface area contributed by atoms with Crippen molar-refractivity contribution < 1.29 is 9.48 Å².